The van der Waals surface area contributed by atoms with Gasteiger partial charge in [-0.05, 0) is 55.2 Å². The summed E-state index contributed by atoms with van der Waals surface area (Å²) in [5.41, 5.74) is 1.95. The molecule has 4 rings (SSSR count). The number of anilines is 1. The minimum absolute atomic E-state index is 0.185. The van der Waals surface area contributed by atoms with Crippen molar-refractivity contribution in [1.82, 2.24) is 19.1 Å². The summed E-state index contributed by atoms with van der Waals surface area (Å²) < 4.78 is 29.4. The van der Waals surface area contributed by atoms with Crippen molar-refractivity contribution in [2.45, 2.75) is 37.6 Å². The van der Waals surface area contributed by atoms with Crippen LogP contribution in [-0.2, 0) is 16.6 Å². The average molecular weight is 440 g/mol. The number of piperidine rings is 1. The van der Waals surface area contributed by atoms with E-state index in [0.29, 0.717) is 31.0 Å². The van der Waals surface area contributed by atoms with Crippen molar-refractivity contribution < 1.29 is 13.2 Å². The van der Waals surface area contributed by atoms with E-state index in [4.69, 9.17) is 0 Å². The van der Waals surface area contributed by atoms with Crippen molar-refractivity contribution in [3.05, 3.63) is 71.7 Å². The number of hydrogen-bond donors (Lipinski definition) is 1. The maximum absolute atomic E-state index is 13.1. The highest BCUT2D eigenvalue weighted by Crippen LogP contribution is 2.24. The van der Waals surface area contributed by atoms with Crippen LogP contribution in [0.25, 0.3) is 0 Å². The number of hydrogen-bond acceptors (Lipinski definition) is 5. The molecule has 2 aromatic heterocycles. The van der Waals surface area contributed by atoms with Gasteiger partial charge in [0.1, 0.15) is 0 Å². The van der Waals surface area contributed by atoms with Crippen LogP contribution < -0.4 is 5.32 Å². The van der Waals surface area contributed by atoms with Crippen molar-refractivity contribution >= 4 is 21.7 Å². The standard InChI is InChI=1S/C22H25N5O3S/c1-17-5-6-19(15-20(17)31(29,30)27-12-3-2-4-13-27)22(28)24-21-9-14-26(25-21)16-18-7-10-23-11-8-18/h5-11,14-15H,2-4,12-13,16H2,1H3,(H,24,25,28). The molecule has 0 saturated carbocycles. The fourth-order valence-electron chi connectivity index (χ4n) is 3.64. The summed E-state index contributed by atoms with van der Waals surface area (Å²) in [5.74, 6) is 0.00400. The fraction of sp³-hybridized carbons (Fsp3) is 0.318. The molecule has 9 heteroatoms. The summed E-state index contributed by atoms with van der Waals surface area (Å²) in [4.78, 5) is 16.9. The lowest BCUT2D eigenvalue weighted by Gasteiger charge is -2.26. The molecule has 162 valence electrons. The number of carbonyl (C=O) groups excluding carboxylic acids is 1. The molecule has 1 aliphatic rings. The first-order valence-corrected chi connectivity index (χ1v) is 11.7. The maximum atomic E-state index is 13.1. The molecule has 1 aliphatic heterocycles. The Balaban J connectivity index is 1.50. The van der Waals surface area contributed by atoms with Crippen molar-refractivity contribution in [1.29, 1.82) is 0 Å². The third kappa shape index (κ3) is 4.83. The first-order chi connectivity index (χ1) is 14.9. The lowest BCUT2D eigenvalue weighted by molar-refractivity contribution is 0.102. The van der Waals surface area contributed by atoms with Crippen LogP contribution in [0.2, 0.25) is 0 Å². The van der Waals surface area contributed by atoms with Gasteiger partial charge in [0.15, 0.2) is 5.82 Å². The van der Waals surface area contributed by atoms with Gasteiger partial charge in [-0.25, -0.2) is 8.42 Å². The SMILES string of the molecule is Cc1ccc(C(=O)Nc2ccn(Cc3ccncc3)n2)cc1S(=O)(=O)N1CCCCC1. The molecule has 1 saturated heterocycles. The highest BCUT2D eigenvalue weighted by molar-refractivity contribution is 7.89. The van der Waals surface area contributed by atoms with Crippen molar-refractivity contribution in [2.75, 3.05) is 18.4 Å². The number of rotatable bonds is 6. The monoisotopic (exact) mass is 439 g/mol. The number of nitrogens with one attached hydrogen (secondary N) is 1. The third-order valence-electron chi connectivity index (χ3n) is 5.36. The molecule has 1 N–H and O–H groups in total. The first kappa shape index (κ1) is 21.2. The normalized spacial score (nSPS) is 15.0. The number of nitrogens with zero attached hydrogens (tertiary/aromatic N) is 4. The van der Waals surface area contributed by atoms with E-state index in [9.17, 15) is 13.2 Å². The van der Waals surface area contributed by atoms with Crippen LogP contribution in [-0.4, -0.2) is 46.5 Å². The molecular formula is C22H25N5O3S. The smallest absolute Gasteiger partial charge is 0.256 e. The van der Waals surface area contributed by atoms with Crippen LogP contribution in [0.3, 0.4) is 0 Å². The third-order valence-corrected chi connectivity index (χ3v) is 7.40. The Labute approximate surface area is 182 Å². The quantitative estimate of drug-likeness (QED) is 0.637. The lowest BCUT2D eigenvalue weighted by Crippen LogP contribution is -2.36. The van der Waals surface area contributed by atoms with Crippen molar-refractivity contribution in [3.8, 4) is 0 Å². The number of carbonyl (C=O) groups is 1. The van der Waals surface area contributed by atoms with Crippen LogP contribution in [0.1, 0.15) is 40.7 Å². The van der Waals surface area contributed by atoms with Gasteiger partial charge in [-0.3, -0.25) is 14.5 Å². The Morgan fingerprint density at radius 3 is 2.55 bits per heavy atom. The summed E-state index contributed by atoms with van der Waals surface area (Å²) in [6.07, 6.45) is 7.97. The number of aromatic nitrogens is 3. The van der Waals surface area contributed by atoms with E-state index in [1.165, 1.54) is 10.4 Å². The minimum Gasteiger partial charge on any atom is -0.305 e. The van der Waals surface area contributed by atoms with Gasteiger partial charge < -0.3 is 5.32 Å². The van der Waals surface area contributed by atoms with E-state index in [2.05, 4.69) is 15.4 Å². The lowest BCUT2D eigenvalue weighted by atomic mass is 10.1. The van der Waals surface area contributed by atoms with E-state index in [1.807, 2.05) is 12.1 Å². The van der Waals surface area contributed by atoms with Gasteiger partial charge in [-0.2, -0.15) is 9.40 Å². The van der Waals surface area contributed by atoms with Gasteiger partial charge in [0.25, 0.3) is 5.91 Å². The fourth-order valence-corrected chi connectivity index (χ4v) is 5.41. The zero-order chi connectivity index (χ0) is 21.8. The molecule has 31 heavy (non-hydrogen) atoms. The van der Waals surface area contributed by atoms with Crippen LogP contribution in [0.5, 0.6) is 0 Å². The van der Waals surface area contributed by atoms with Gasteiger partial charge >= 0.3 is 0 Å². The van der Waals surface area contributed by atoms with Gasteiger partial charge in [0.2, 0.25) is 10.0 Å². The average Bonchev–Trinajstić information content (AvgIpc) is 3.21. The van der Waals surface area contributed by atoms with E-state index >= 15 is 0 Å². The van der Waals surface area contributed by atoms with Crippen LogP contribution in [0.4, 0.5) is 5.82 Å². The molecule has 0 spiro atoms. The largest absolute Gasteiger partial charge is 0.305 e. The number of pyridine rings is 1. The molecule has 0 radical (unpaired) electrons. The molecule has 3 heterocycles. The maximum Gasteiger partial charge on any atom is 0.256 e. The Morgan fingerprint density at radius 2 is 1.81 bits per heavy atom. The molecule has 3 aromatic rings. The molecule has 0 aliphatic carbocycles. The second-order valence-corrected chi connectivity index (χ2v) is 9.56. The molecule has 0 unspecified atom stereocenters. The minimum atomic E-state index is -3.62. The second-order valence-electron chi connectivity index (χ2n) is 7.65. The highest BCUT2D eigenvalue weighted by atomic mass is 32.2. The Kier molecular flexibility index (Phi) is 6.15. The van der Waals surface area contributed by atoms with Crippen molar-refractivity contribution in [2.24, 2.45) is 0 Å². The predicted molar refractivity (Wildman–Crippen MR) is 117 cm³/mol. The first-order valence-electron chi connectivity index (χ1n) is 10.3. The van der Waals surface area contributed by atoms with E-state index in [0.717, 1.165) is 24.8 Å². The van der Waals surface area contributed by atoms with Crippen LogP contribution in [0.15, 0.2) is 59.9 Å². The summed E-state index contributed by atoms with van der Waals surface area (Å²) in [6, 6.07) is 10.3. The molecule has 1 amide bonds. The van der Waals surface area contributed by atoms with Gasteiger partial charge in [0.05, 0.1) is 11.4 Å². The van der Waals surface area contributed by atoms with Crippen LogP contribution in [0, 0.1) is 6.92 Å². The molecular weight excluding hydrogens is 414 g/mol. The topological polar surface area (TPSA) is 97.2 Å². The van der Waals surface area contributed by atoms with E-state index in [1.54, 1.807) is 48.4 Å². The Morgan fingerprint density at radius 1 is 1.06 bits per heavy atom. The molecule has 8 nitrogen and oxygen atoms in total. The molecule has 1 fully saturated rings. The summed E-state index contributed by atoms with van der Waals surface area (Å²) >= 11 is 0. The number of sulfonamides is 1. The number of benzene rings is 1. The van der Waals surface area contributed by atoms with Gasteiger partial charge in [-0.15, -0.1) is 0 Å². The van der Waals surface area contributed by atoms with Crippen LogP contribution >= 0.6 is 0 Å². The molecule has 1 aromatic carbocycles. The molecule has 0 atom stereocenters. The van der Waals surface area contributed by atoms with E-state index < -0.39 is 15.9 Å². The van der Waals surface area contributed by atoms with Crippen molar-refractivity contribution in [3.63, 3.8) is 0 Å². The highest BCUT2D eigenvalue weighted by Gasteiger charge is 2.28. The van der Waals surface area contributed by atoms with Gasteiger partial charge in [0, 0.05) is 43.3 Å². The summed E-state index contributed by atoms with van der Waals surface area (Å²) in [6.45, 7) is 3.35. The summed E-state index contributed by atoms with van der Waals surface area (Å²) in [5, 5.41) is 7.12. The summed E-state index contributed by atoms with van der Waals surface area (Å²) in [7, 11) is -3.62. The number of aryl methyl sites for hydroxylation is 1. The molecule has 0 bridgehead atoms. The van der Waals surface area contributed by atoms with E-state index in [-0.39, 0.29) is 10.5 Å². The predicted octanol–water partition coefficient (Wildman–Crippen LogP) is 3.06. The zero-order valence-corrected chi connectivity index (χ0v) is 18.2. The van der Waals surface area contributed by atoms with Gasteiger partial charge in [-0.1, -0.05) is 12.5 Å². The Hall–Kier alpha value is -3.04. The number of amides is 1. The second kappa shape index (κ2) is 8.99. The zero-order valence-electron chi connectivity index (χ0n) is 17.4. The Bertz CT molecular complexity index is 1170.